The second-order valence-corrected chi connectivity index (χ2v) is 10.1. The van der Waals surface area contributed by atoms with Gasteiger partial charge in [-0.05, 0) is 81.2 Å². The van der Waals surface area contributed by atoms with Gasteiger partial charge in [0.25, 0.3) is 0 Å². The van der Waals surface area contributed by atoms with E-state index in [9.17, 15) is 18.0 Å². The highest BCUT2D eigenvalue weighted by molar-refractivity contribution is 6.30. The topological polar surface area (TPSA) is 32.8 Å². The summed E-state index contributed by atoms with van der Waals surface area (Å²) in [5, 5.41) is 0.786. The van der Waals surface area contributed by atoms with Crippen molar-refractivity contribution in [3.63, 3.8) is 0 Å². The van der Waals surface area contributed by atoms with E-state index < -0.39 is 18.4 Å². The number of hydrogen-bond acceptors (Lipinski definition) is 3. The maximum absolute atomic E-state index is 12.7. The van der Waals surface area contributed by atoms with E-state index in [0.717, 1.165) is 50.7 Å². The molecular weight excluding hydrogens is 441 g/mol. The monoisotopic (exact) mass is 472 g/mol. The first-order chi connectivity index (χ1) is 15.2. The van der Waals surface area contributed by atoms with Crippen molar-refractivity contribution in [3.05, 3.63) is 34.3 Å². The van der Waals surface area contributed by atoms with Crippen molar-refractivity contribution in [1.29, 1.82) is 0 Å². The van der Waals surface area contributed by atoms with Gasteiger partial charge in [0.15, 0.2) is 6.10 Å². The molecule has 3 aliphatic rings. The third-order valence-corrected chi connectivity index (χ3v) is 7.83. The van der Waals surface area contributed by atoms with E-state index >= 15 is 0 Å². The molecule has 1 aliphatic carbocycles. The Labute approximate surface area is 193 Å². The number of amides is 1. The summed E-state index contributed by atoms with van der Waals surface area (Å²) in [6.07, 6.45) is 1.15. The van der Waals surface area contributed by atoms with Gasteiger partial charge >= 0.3 is 12.3 Å². The van der Waals surface area contributed by atoms with E-state index in [-0.39, 0.29) is 5.54 Å². The average molecular weight is 473 g/mol. The highest BCUT2D eigenvalue weighted by Crippen LogP contribution is 2.41. The molecule has 1 saturated carbocycles. The first-order valence-corrected chi connectivity index (χ1v) is 12.1. The molecule has 4 rings (SSSR count). The smallest absolute Gasteiger partial charge is 0.425 e. The van der Waals surface area contributed by atoms with Crippen LogP contribution < -0.4 is 0 Å². The Bertz CT molecular complexity index is 818. The Kier molecular flexibility index (Phi) is 6.97. The van der Waals surface area contributed by atoms with Crippen LogP contribution in [0.3, 0.4) is 0 Å². The number of carbonyl (C=O) groups excluding carboxylic acids is 1. The van der Waals surface area contributed by atoms with Crippen molar-refractivity contribution in [2.75, 3.05) is 19.6 Å². The Morgan fingerprint density at radius 3 is 2.47 bits per heavy atom. The third-order valence-electron chi connectivity index (χ3n) is 7.61. The molecular formula is C24H32ClF3N2O2. The normalized spacial score (nSPS) is 23.1. The second-order valence-electron chi connectivity index (χ2n) is 9.68. The molecule has 0 aromatic heterocycles. The van der Waals surface area contributed by atoms with Crippen LogP contribution in [0.1, 0.15) is 75.3 Å². The number of hydrogen-bond donors (Lipinski definition) is 0. The highest BCUT2D eigenvalue weighted by atomic mass is 35.5. The molecule has 8 heteroatoms. The van der Waals surface area contributed by atoms with Crippen molar-refractivity contribution in [2.24, 2.45) is 0 Å². The van der Waals surface area contributed by atoms with Gasteiger partial charge in [-0.2, -0.15) is 13.2 Å². The van der Waals surface area contributed by atoms with Crippen LogP contribution in [0.25, 0.3) is 0 Å². The summed E-state index contributed by atoms with van der Waals surface area (Å²) in [7, 11) is 0. The molecule has 1 amide bonds. The first kappa shape index (κ1) is 23.7. The molecule has 0 radical (unpaired) electrons. The predicted octanol–water partition coefficient (Wildman–Crippen LogP) is 6.52. The summed E-state index contributed by atoms with van der Waals surface area (Å²) in [5.41, 5.74) is 2.55. The predicted molar refractivity (Wildman–Crippen MR) is 118 cm³/mol. The zero-order valence-electron chi connectivity index (χ0n) is 18.6. The minimum atomic E-state index is -4.54. The van der Waals surface area contributed by atoms with Gasteiger partial charge in [-0.25, -0.2) is 4.79 Å². The average Bonchev–Trinajstić information content (AvgIpc) is 3.39. The van der Waals surface area contributed by atoms with E-state index in [1.165, 1.54) is 41.7 Å². The Hall–Kier alpha value is -1.47. The lowest BCUT2D eigenvalue weighted by molar-refractivity contribution is -0.200. The van der Waals surface area contributed by atoms with Gasteiger partial charge in [-0.3, -0.25) is 4.90 Å². The second kappa shape index (κ2) is 9.41. The lowest BCUT2D eigenvalue weighted by Crippen LogP contribution is -2.53. The van der Waals surface area contributed by atoms with Gasteiger partial charge in [-0.1, -0.05) is 30.5 Å². The van der Waals surface area contributed by atoms with Crippen molar-refractivity contribution >= 4 is 17.7 Å². The molecule has 1 aromatic carbocycles. The summed E-state index contributed by atoms with van der Waals surface area (Å²) in [6.45, 7) is 3.51. The van der Waals surface area contributed by atoms with Crippen LogP contribution in [-0.2, 0) is 11.3 Å². The van der Waals surface area contributed by atoms with Gasteiger partial charge in [0.2, 0.25) is 0 Å². The molecule has 4 nitrogen and oxygen atoms in total. The van der Waals surface area contributed by atoms with Crippen LogP contribution in [-0.4, -0.2) is 53.3 Å². The minimum Gasteiger partial charge on any atom is -0.437 e. The SMILES string of the molecule is CC(OC(=O)N1CCC2(CCCN2Cc2cc(Cl)cc(C3CCCC3)c2)CC1)C(F)(F)F. The van der Waals surface area contributed by atoms with Crippen molar-refractivity contribution < 1.29 is 22.7 Å². The van der Waals surface area contributed by atoms with E-state index in [0.29, 0.717) is 19.0 Å². The van der Waals surface area contributed by atoms with Crippen molar-refractivity contribution in [3.8, 4) is 0 Å². The van der Waals surface area contributed by atoms with Gasteiger partial charge in [-0.15, -0.1) is 0 Å². The van der Waals surface area contributed by atoms with Crippen LogP contribution in [0.5, 0.6) is 0 Å². The molecule has 2 aliphatic heterocycles. The number of benzene rings is 1. The summed E-state index contributed by atoms with van der Waals surface area (Å²) < 4.78 is 42.8. The number of halogens is 4. The maximum Gasteiger partial charge on any atom is 0.425 e. The summed E-state index contributed by atoms with van der Waals surface area (Å²) in [6, 6.07) is 6.46. The molecule has 2 saturated heterocycles. The molecule has 178 valence electrons. The molecule has 2 heterocycles. The van der Waals surface area contributed by atoms with Crippen LogP contribution in [0.4, 0.5) is 18.0 Å². The largest absolute Gasteiger partial charge is 0.437 e. The molecule has 0 N–H and O–H groups in total. The zero-order chi connectivity index (χ0) is 22.9. The lowest BCUT2D eigenvalue weighted by atomic mass is 9.84. The van der Waals surface area contributed by atoms with Crippen LogP contribution in [0.2, 0.25) is 5.02 Å². The fourth-order valence-electron chi connectivity index (χ4n) is 5.69. The number of ether oxygens (including phenoxy) is 1. The quantitative estimate of drug-likeness (QED) is 0.500. The molecule has 1 aromatic rings. The standard InChI is InChI=1S/C24H32ClF3N2O2/c1-17(24(26,27)28)32-22(31)29-11-8-23(9-12-29)7-4-10-30(23)16-18-13-20(15-21(25)14-18)19-5-2-3-6-19/h13-15,17,19H,2-12,16H2,1H3. The molecule has 3 fully saturated rings. The zero-order valence-corrected chi connectivity index (χ0v) is 19.4. The van der Waals surface area contributed by atoms with Crippen LogP contribution in [0, 0.1) is 0 Å². The van der Waals surface area contributed by atoms with Crippen molar-refractivity contribution in [2.45, 2.75) is 88.6 Å². The number of rotatable bonds is 4. The summed E-state index contributed by atoms with van der Waals surface area (Å²) >= 11 is 6.46. The van der Waals surface area contributed by atoms with E-state index in [4.69, 9.17) is 11.6 Å². The molecule has 1 spiro atoms. The number of alkyl halides is 3. The van der Waals surface area contributed by atoms with E-state index in [2.05, 4.69) is 27.8 Å². The molecule has 1 unspecified atom stereocenters. The Morgan fingerprint density at radius 2 is 1.81 bits per heavy atom. The maximum atomic E-state index is 12.7. The van der Waals surface area contributed by atoms with Gasteiger partial charge in [0.05, 0.1) is 0 Å². The van der Waals surface area contributed by atoms with E-state index in [1.54, 1.807) is 0 Å². The Balaban J connectivity index is 1.39. The summed E-state index contributed by atoms with van der Waals surface area (Å²) in [5.74, 6) is 0.605. The first-order valence-electron chi connectivity index (χ1n) is 11.7. The fraction of sp³-hybridized carbons (Fsp3) is 0.708. The number of piperidine rings is 1. The number of nitrogens with zero attached hydrogens (tertiary/aromatic N) is 2. The lowest BCUT2D eigenvalue weighted by Gasteiger charge is -2.45. The highest BCUT2D eigenvalue weighted by Gasteiger charge is 2.45. The number of likely N-dealkylation sites (tertiary alicyclic amines) is 2. The third kappa shape index (κ3) is 5.19. The van der Waals surface area contributed by atoms with Crippen LogP contribution >= 0.6 is 11.6 Å². The Morgan fingerprint density at radius 1 is 1.12 bits per heavy atom. The van der Waals surface area contributed by atoms with E-state index in [1.807, 2.05) is 0 Å². The van der Waals surface area contributed by atoms with Crippen molar-refractivity contribution in [1.82, 2.24) is 9.80 Å². The summed E-state index contributed by atoms with van der Waals surface area (Å²) in [4.78, 5) is 16.1. The van der Waals surface area contributed by atoms with Gasteiger partial charge in [0.1, 0.15) is 0 Å². The molecule has 1 atom stereocenters. The van der Waals surface area contributed by atoms with Gasteiger partial charge < -0.3 is 9.64 Å². The molecule has 32 heavy (non-hydrogen) atoms. The van der Waals surface area contributed by atoms with Gasteiger partial charge in [0, 0.05) is 30.2 Å². The molecule has 0 bridgehead atoms. The minimum absolute atomic E-state index is 0.0116. The van der Waals surface area contributed by atoms with Crippen LogP contribution in [0.15, 0.2) is 18.2 Å². The fourth-order valence-corrected chi connectivity index (χ4v) is 5.95. The number of carbonyl (C=O) groups is 1.